The van der Waals surface area contributed by atoms with E-state index >= 15 is 0 Å². The van der Waals surface area contributed by atoms with Gasteiger partial charge in [-0.3, -0.25) is 14.4 Å². The SMILES string of the molecule is CCSC(=O)CCc1cccc2c1C(=O)N(c1c(C(C)C)cccc1C(C)C)C2=O. The number of carbonyl (C=O) groups excluding carboxylic acids is 3. The molecule has 30 heavy (non-hydrogen) atoms. The first-order valence-corrected chi connectivity index (χ1v) is 11.6. The molecule has 0 aromatic heterocycles. The fourth-order valence-corrected chi connectivity index (χ4v) is 4.58. The zero-order chi connectivity index (χ0) is 22.0. The number of nitrogens with zero attached hydrogens (tertiary/aromatic N) is 1. The average molecular weight is 424 g/mol. The Morgan fingerprint density at radius 2 is 1.53 bits per heavy atom. The summed E-state index contributed by atoms with van der Waals surface area (Å²) in [7, 11) is 0. The molecule has 2 amide bonds. The molecule has 0 atom stereocenters. The van der Waals surface area contributed by atoms with Crippen LogP contribution in [0.4, 0.5) is 5.69 Å². The summed E-state index contributed by atoms with van der Waals surface area (Å²) in [5, 5.41) is 0.107. The summed E-state index contributed by atoms with van der Waals surface area (Å²) in [6, 6.07) is 11.4. The second-order valence-electron chi connectivity index (χ2n) is 8.18. The predicted octanol–water partition coefficient (Wildman–Crippen LogP) is 5.95. The van der Waals surface area contributed by atoms with Crippen molar-refractivity contribution in [3.63, 3.8) is 0 Å². The molecule has 1 aliphatic rings. The van der Waals surface area contributed by atoms with Crippen LogP contribution >= 0.6 is 11.8 Å². The van der Waals surface area contributed by atoms with E-state index in [9.17, 15) is 14.4 Å². The van der Waals surface area contributed by atoms with Crippen molar-refractivity contribution in [1.29, 1.82) is 0 Å². The van der Waals surface area contributed by atoms with Crippen molar-refractivity contribution in [1.82, 2.24) is 0 Å². The van der Waals surface area contributed by atoms with Crippen LogP contribution in [0.25, 0.3) is 0 Å². The number of rotatable bonds is 7. The molecule has 4 nitrogen and oxygen atoms in total. The molecule has 0 fully saturated rings. The normalized spacial score (nSPS) is 13.5. The summed E-state index contributed by atoms with van der Waals surface area (Å²) in [5.74, 6) is 0.524. The van der Waals surface area contributed by atoms with Gasteiger partial charge >= 0.3 is 0 Å². The number of para-hydroxylation sites is 1. The molecular weight excluding hydrogens is 394 g/mol. The molecule has 0 radical (unpaired) electrons. The van der Waals surface area contributed by atoms with Crippen LogP contribution in [0.3, 0.4) is 0 Å². The molecule has 5 heteroatoms. The Hall–Kier alpha value is -2.40. The van der Waals surface area contributed by atoms with Gasteiger partial charge < -0.3 is 0 Å². The predicted molar refractivity (Wildman–Crippen MR) is 124 cm³/mol. The van der Waals surface area contributed by atoms with Crippen molar-refractivity contribution in [2.75, 3.05) is 10.7 Å². The largest absolute Gasteiger partial charge is 0.287 e. The van der Waals surface area contributed by atoms with E-state index in [0.29, 0.717) is 24.0 Å². The molecule has 158 valence electrons. The fraction of sp³-hybridized carbons (Fsp3) is 0.400. The first kappa shape index (κ1) is 22.3. The molecular formula is C25H29NO3S. The summed E-state index contributed by atoms with van der Waals surface area (Å²) in [4.78, 5) is 40.3. The number of carbonyl (C=O) groups is 3. The van der Waals surface area contributed by atoms with Crippen LogP contribution in [0.15, 0.2) is 36.4 Å². The zero-order valence-corrected chi connectivity index (χ0v) is 19.1. The van der Waals surface area contributed by atoms with Gasteiger partial charge in [0, 0.05) is 6.42 Å². The molecule has 0 bridgehead atoms. The van der Waals surface area contributed by atoms with Gasteiger partial charge in [-0.1, -0.05) is 76.7 Å². The maximum Gasteiger partial charge on any atom is 0.266 e. The highest BCUT2D eigenvalue weighted by Gasteiger charge is 2.40. The number of hydrogen-bond acceptors (Lipinski definition) is 4. The van der Waals surface area contributed by atoms with Crippen molar-refractivity contribution in [2.24, 2.45) is 0 Å². The topological polar surface area (TPSA) is 54.5 Å². The number of amides is 2. The third-order valence-electron chi connectivity index (χ3n) is 5.47. The van der Waals surface area contributed by atoms with Gasteiger partial charge in [0.05, 0.1) is 16.8 Å². The van der Waals surface area contributed by atoms with E-state index in [2.05, 4.69) is 27.7 Å². The molecule has 0 unspecified atom stereocenters. The van der Waals surface area contributed by atoms with E-state index in [1.807, 2.05) is 31.2 Å². The van der Waals surface area contributed by atoms with Gasteiger partial charge in [0.15, 0.2) is 5.12 Å². The highest BCUT2D eigenvalue weighted by atomic mass is 32.2. The monoisotopic (exact) mass is 423 g/mol. The molecule has 2 aromatic carbocycles. The summed E-state index contributed by atoms with van der Waals surface area (Å²) in [6.45, 7) is 10.2. The highest BCUT2D eigenvalue weighted by Crippen LogP contribution is 2.40. The Kier molecular flexibility index (Phi) is 6.81. The first-order valence-electron chi connectivity index (χ1n) is 10.6. The number of hydrogen-bond donors (Lipinski definition) is 0. The number of thioether (sulfide) groups is 1. The van der Waals surface area contributed by atoms with Gasteiger partial charge in [-0.2, -0.15) is 0 Å². The second kappa shape index (κ2) is 9.17. The minimum Gasteiger partial charge on any atom is -0.287 e. The third kappa shape index (κ3) is 4.08. The number of imide groups is 1. The Morgan fingerprint density at radius 1 is 0.933 bits per heavy atom. The molecule has 0 N–H and O–H groups in total. The van der Waals surface area contributed by atoms with Gasteiger partial charge in [-0.15, -0.1) is 0 Å². The molecule has 2 aromatic rings. The lowest BCUT2D eigenvalue weighted by molar-refractivity contribution is -0.110. The minimum atomic E-state index is -0.281. The van der Waals surface area contributed by atoms with Crippen LogP contribution in [-0.4, -0.2) is 22.7 Å². The van der Waals surface area contributed by atoms with Crippen LogP contribution < -0.4 is 4.90 Å². The van der Waals surface area contributed by atoms with Crippen LogP contribution in [0.1, 0.15) is 90.3 Å². The summed E-state index contributed by atoms with van der Waals surface area (Å²) in [5.41, 5.74) is 4.36. The minimum absolute atomic E-state index is 0.107. The van der Waals surface area contributed by atoms with Gasteiger partial charge in [-0.25, -0.2) is 4.90 Å². The number of aryl methyl sites for hydroxylation is 1. The van der Waals surface area contributed by atoms with Crippen LogP contribution in [0, 0.1) is 0 Å². The van der Waals surface area contributed by atoms with E-state index in [-0.39, 0.29) is 28.8 Å². The number of benzene rings is 2. The lowest BCUT2D eigenvalue weighted by Crippen LogP contribution is -2.32. The van der Waals surface area contributed by atoms with E-state index in [1.54, 1.807) is 12.1 Å². The van der Waals surface area contributed by atoms with Crippen molar-refractivity contribution in [3.8, 4) is 0 Å². The summed E-state index contributed by atoms with van der Waals surface area (Å²) >= 11 is 1.29. The van der Waals surface area contributed by atoms with Crippen molar-refractivity contribution in [2.45, 2.75) is 59.3 Å². The fourth-order valence-electron chi connectivity index (χ4n) is 4.01. The Labute approximate surface area is 183 Å². The molecule has 0 saturated carbocycles. The molecule has 3 rings (SSSR count). The maximum atomic E-state index is 13.6. The summed E-state index contributed by atoms with van der Waals surface area (Å²) < 4.78 is 0. The van der Waals surface area contributed by atoms with E-state index in [4.69, 9.17) is 0 Å². The van der Waals surface area contributed by atoms with Crippen molar-refractivity contribution < 1.29 is 14.4 Å². The van der Waals surface area contributed by atoms with E-state index < -0.39 is 0 Å². The molecule has 1 aliphatic heterocycles. The second-order valence-corrected chi connectivity index (χ2v) is 9.51. The third-order valence-corrected chi connectivity index (χ3v) is 6.29. The zero-order valence-electron chi connectivity index (χ0n) is 18.3. The van der Waals surface area contributed by atoms with E-state index in [0.717, 1.165) is 28.1 Å². The summed E-state index contributed by atoms with van der Waals surface area (Å²) in [6.07, 6.45) is 0.820. The Bertz CT molecular complexity index is 968. The Morgan fingerprint density at radius 3 is 2.10 bits per heavy atom. The Balaban J connectivity index is 2.07. The lowest BCUT2D eigenvalue weighted by Gasteiger charge is -2.25. The smallest absolute Gasteiger partial charge is 0.266 e. The molecule has 0 spiro atoms. The van der Waals surface area contributed by atoms with Gasteiger partial charge in [0.2, 0.25) is 0 Å². The van der Waals surface area contributed by atoms with Gasteiger partial charge in [0.1, 0.15) is 0 Å². The van der Waals surface area contributed by atoms with Gasteiger partial charge in [-0.05, 0) is 46.8 Å². The number of fused-ring (bicyclic) bond motifs is 1. The number of anilines is 1. The van der Waals surface area contributed by atoms with Crippen LogP contribution in [0.5, 0.6) is 0 Å². The lowest BCUT2D eigenvalue weighted by atomic mass is 9.92. The van der Waals surface area contributed by atoms with Crippen LogP contribution in [0.2, 0.25) is 0 Å². The quantitative estimate of drug-likeness (QED) is 0.517. The maximum absolute atomic E-state index is 13.6. The van der Waals surface area contributed by atoms with E-state index in [1.165, 1.54) is 16.7 Å². The molecule has 0 aliphatic carbocycles. The molecule has 1 heterocycles. The first-order chi connectivity index (χ1) is 14.3. The van der Waals surface area contributed by atoms with Crippen LogP contribution in [-0.2, 0) is 11.2 Å². The standard InChI is InChI=1S/C25H29NO3S/c1-6-30-21(27)14-13-17-9-7-12-20-22(17)25(29)26(24(20)28)23-18(15(2)3)10-8-11-19(23)16(4)5/h7-12,15-16H,6,13-14H2,1-5H3. The van der Waals surface area contributed by atoms with Crippen molar-refractivity contribution in [3.05, 3.63) is 64.2 Å². The van der Waals surface area contributed by atoms with Crippen molar-refractivity contribution >= 4 is 34.4 Å². The van der Waals surface area contributed by atoms with Gasteiger partial charge in [0.25, 0.3) is 11.8 Å². The highest BCUT2D eigenvalue weighted by molar-refractivity contribution is 8.13. The average Bonchev–Trinajstić information content (AvgIpc) is 2.96. The molecule has 0 saturated heterocycles.